The number of carbonyl (C=O) groups excluding carboxylic acids is 2. The van der Waals surface area contributed by atoms with Crippen molar-refractivity contribution in [3.63, 3.8) is 0 Å². The summed E-state index contributed by atoms with van der Waals surface area (Å²) in [5.74, 6) is 4.41. The summed E-state index contributed by atoms with van der Waals surface area (Å²) >= 11 is 0. The molecular weight excluding hydrogens is 382 g/mol. The Morgan fingerprint density at radius 1 is 0.900 bits per heavy atom. The third-order valence-corrected chi connectivity index (χ3v) is 4.27. The van der Waals surface area contributed by atoms with E-state index >= 15 is 0 Å². The van der Waals surface area contributed by atoms with Crippen molar-refractivity contribution in [2.45, 2.75) is 6.92 Å². The van der Waals surface area contributed by atoms with Gasteiger partial charge in [0.15, 0.2) is 0 Å². The van der Waals surface area contributed by atoms with Crippen molar-refractivity contribution in [2.24, 2.45) is 0 Å². The normalized spacial score (nSPS) is 9.90. The molecule has 0 saturated carbocycles. The van der Waals surface area contributed by atoms with Crippen LogP contribution >= 0.6 is 0 Å². The highest BCUT2D eigenvalue weighted by atomic mass is 16.6. The van der Waals surface area contributed by atoms with Gasteiger partial charge in [-0.15, -0.1) is 0 Å². The molecule has 0 unspecified atom stereocenters. The molecule has 0 saturated heterocycles. The van der Waals surface area contributed by atoms with Crippen LogP contribution in [0.5, 0.6) is 0 Å². The van der Waals surface area contributed by atoms with Crippen molar-refractivity contribution in [3.05, 3.63) is 99.6 Å². The van der Waals surface area contributed by atoms with Crippen LogP contribution in [0.1, 0.15) is 28.4 Å². The maximum absolute atomic E-state index is 12.5. The van der Waals surface area contributed by atoms with Crippen LogP contribution in [0.2, 0.25) is 0 Å². The summed E-state index contributed by atoms with van der Waals surface area (Å²) in [6.45, 7) is 1.75. The van der Waals surface area contributed by atoms with Crippen LogP contribution in [0.4, 0.5) is 5.69 Å². The molecule has 0 bridgehead atoms. The predicted octanol–water partition coefficient (Wildman–Crippen LogP) is 4.41. The molecule has 0 fully saturated rings. The quantitative estimate of drug-likeness (QED) is 0.158. The fourth-order valence-corrected chi connectivity index (χ4v) is 2.86. The van der Waals surface area contributed by atoms with Gasteiger partial charge < -0.3 is 4.74 Å². The Labute approximate surface area is 173 Å². The lowest BCUT2D eigenvalue weighted by Gasteiger charge is -2.10. The summed E-state index contributed by atoms with van der Waals surface area (Å²) in [6.07, 6.45) is 0. The van der Waals surface area contributed by atoms with E-state index in [1.807, 2.05) is 18.2 Å². The van der Waals surface area contributed by atoms with E-state index in [9.17, 15) is 19.7 Å². The Morgan fingerprint density at radius 2 is 1.53 bits per heavy atom. The van der Waals surface area contributed by atoms with Crippen LogP contribution in [-0.4, -0.2) is 23.3 Å². The SMILES string of the molecule is CCOC(=O)C(=O)c1ccccc1-c1ccccc1C#Cc1ccc([N+](=O)[O-])cc1. The van der Waals surface area contributed by atoms with Crippen LogP contribution in [0.15, 0.2) is 72.8 Å². The van der Waals surface area contributed by atoms with Crippen molar-refractivity contribution < 1.29 is 19.2 Å². The Balaban J connectivity index is 2.01. The van der Waals surface area contributed by atoms with Gasteiger partial charge in [0.1, 0.15) is 0 Å². The van der Waals surface area contributed by atoms with Gasteiger partial charge in [0.2, 0.25) is 0 Å². The molecule has 30 heavy (non-hydrogen) atoms. The number of nitro groups is 1. The highest BCUT2D eigenvalue weighted by molar-refractivity contribution is 6.41. The zero-order valence-electron chi connectivity index (χ0n) is 16.1. The maximum Gasteiger partial charge on any atom is 0.379 e. The number of Topliss-reactive ketones (excluding diaryl/α,β-unsaturated/α-hetero) is 1. The molecule has 0 amide bonds. The van der Waals surface area contributed by atoms with E-state index in [1.54, 1.807) is 49.4 Å². The summed E-state index contributed by atoms with van der Waals surface area (Å²) in [6, 6.07) is 20.0. The average molecular weight is 399 g/mol. The second-order valence-corrected chi connectivity index (χ2v) is 6.19. The van der Waals surface area contributed by atoms with Gasteiger partial charge in [-0.3, -0.25) is 14.9 Å². The van der Waals surface area contributed by atoms with E-state index in [4.69, 9.17) is 4.74 Å². The lowest BCUT2D eigenvalue weighted by molar-refractivity contribution is -0.384. The van der Waals surface area contributed by atoms with E-state index < -0.39 is 16.7 Å². The van der Waals surface area contributed by atoms with Gasteiger partial charge in [-0.2, -0.15) is 0 Å². The standard InChI is InChI=1S/C24H17NO5/c1-2-30-24(27)23(26)22-10-6-5-9-21(22)20-8-4-3-7-18(20)14-11-17-12-15-19(16-13-17)25(28)29/h3-10,12-13,15-16H,2H2,1H3. The van der Waals surface area contributed by atoms with Crippen LogP contribution in [-0.2, 0) is 9.53 Å². The second kappa shape index (κ2) is 9.30. The average Bonchev–Trinajstić information content (AvgIpc) is 2.78. The van der Waals surface area contributed by atoms with Crippen molar-refractivity contribution in [2.75, 3.05) is 6.61 Å². The minimum Gasteiger partial charge on any atom is -0.460 e. The zero-order chi connectivity index (χ0) is 21.5. The molecule has 148 valence electrons. The number of nitro benzene ring substituents is 1. The topological polar surface area (TPSA) is 86.5 Å². The van der Waals surface area contributed by atoms with Gasteiger partial charge in [0, 0.05) is 28.8 Å². The third kappa shape index (κ3) is 4.59. The van der Waals surface area contributed by atoms with Crippen molar-refractivity contribution in [3.8, 4) is 23.0 Å². The Hall–Kier alpha value is -4.24. The minimum absolute atomic E-state index is 0.00708. The number of rotatable bonds is 5. The van der Waals surface area contributed by atoms with Crippen LogP contribution in [0.3, 0.4) is 0 Å². The van der Waals surface area contributed by atoms with E-state index in [0.29, 0.717) is 22.3 Å². The fourth-order valence-electron chi connectivity index (χ4n) is 2.86. The smallest absolute Gasteiger partial charge is 0.379 e. The molecule has 6 nitrogen and oxygen atoms in total. The van der Waals surface area contributed by atoms with Crippen molar-refractivity contribution in [1.82, 2.24) is 0 Å². The molecule has 0 N–H and O–H groups in total. The van der Waals surface area contributed by atoms with Crippen LogP contribution in [0, 0.1) is 22.0 Å². The Bertz CT molecular complexity index is 1170. The Morgan fingerprint density at radius 3 is 2.20 bits per heavy atom. The minimum atomic E-state index is -0.903. The highest BCUT2D eigenvalue weighted by Gasteiger charge is 2.21. The molecule has 0 aliphatic carbocycles. The lowest BCUT2D eigenvalue weighted by atomic mass is 9.93. The molecule has 0 spiro atoms. The fraction of sp³-hybridized carbons (Fsp3) is 0.0833. The van der Waals surface area contributed by atoms with Crippen LogP contribution in [0.25, 0.3) is 11.1 Å². The first kappa shape index (κ1) is 20.5. The number of benzene rings is 3. The molecule has 0 heterocycles. The van der Waals surface area contributed by atoms with Crippen molar-refractivity contribution in [1.29, 1.82) is 0 Å². The van der Waals surface area contributed by atoms with Crippen LogP contribution < -0.4 is 0 Å². The van der Waals surface area contributed by atoms with Gasteiger partial charge in [-0.25, -0.2) is 4.79 Å². The first-order valence-electron chi connectivity index (χ1n) is 9.17. The Kier molecular flexibility index (Phi) is 6.36. The summed E-state index contributed by atoms with van der Waals surface area (Å²) in [7, 11) is 0. The second-order valence-electron chi connectivity index (χ2n) is 6.19. The summed E-state index contributed by atoms with van der Waals surface area (Å²) in [4.78, 5) is 34.8. The molecule has 3 aromatic carbocycles. The molecule has 0 aromatic heterocycles. The molecule has 0 radical (unpaired) electrons. The first-order valence-corrected chi connectivity index (χ1v) is 9.17. The number of non-ortho nitro benzene ring substituents is 1. The summed E-state index contributed by atoms with van der Waals surface area (Å²) in [5, 5.41) is 10.8. The van der Waals surface area contributed by atoms with E-state index in [-0.39, 0.29) is 17.9 Å². The molecule has 3 rings (SSSR count). The number of ketones is 1. The first-order chi connectivity index (χ1) is 14.5. The van der Waals surface area contributed by atoms with Crippen molar-refractivity contribution >= 4 is 17.4 Å². The van der Waals surface area contributed by atoms with E-state index in [1.165, 1.54) is 12.1 Å². The van der Waals surface area contributed by atoms with Gasteiger partial charge in [0.25, 0.3) is 11.5 Å². The number of esters is 1. The molecule has 0 aliphatic rings. The maximum atomic E-state index is 12.5. The van der Waals surface area contributed by atoms with E-state index in [0.717, 1.165) is 0 Å². The molecule has 0 aliphatic heterocycles. The molecule has 0 atom stereocenters. The van der Waals surface area contributed by atoms with Gasteiger partial charge in [-0.05, 0) is 36.2 Å². The number of hydrogen-bond acceptors (Lipinski definition) is 5. The monoisotopic (exact) mass is 399 g/mol. The third-order valence-electron chi connectivity index (χ3n) is 4.27. The highest BCUT2D eigenvalue weighted by Crippen LogP contribution is 2.27. The number of hydrogen-bond donors (Lipinski definition) is 0. The lowest BCUT2D eigenvalue weighted by Crippen LogP contribution is -2.18. The van der Waals surface area contributed by atoms with Gasteiger partial charge in [0.05, 0.1) is 11.5 Å². The zero-order valence-corrected chi connectivity index (χ0v) is 16.1. The molecule has 6 heteroatoms. The number of ether oxygens (including phenoxy) is 1. The molecule has 3 aromatic rings. The van der Waals surface area contributed by atoms with Gasteiger partial charge in [-0.1, -0.05) is 54.3 Å². The number of carbonyl (C=O) groups is 2. The molecular formula is C24H17NO5. The summed E-state index contributed by atoms with van der Waals surface area (Å²) < 4.78 is 4.85. The number of nitrogens with zero attached hydrogens (tertiary/aromatic N) is 1. The summed E-state index contributed by atoms with van der Waals surface area (Å²) in [5.41, 5.74) is 2.77. The largest absolute Gasteiger partial charge is 0.460 e. The van der Waals surface area contributed by atoms with E-state index in [2.05, 4.69) is 11.8 Å². The van der Waals surface area contributed by atoms with Gasteiger partial charge >= 0.3 is 5.97 Å². The predicted molar refractivity (Wildman–Crippen MR) is 112 cm³/mol.